The van der Waals surface area contributed by atoms with Gasteiger partial charge in [0.05, 0.1) is 30.1 Å². The van der Waals surface area contributed by atoms with Gasteiger partial charge in [-0.05, 0) is 50.5 Å². The number of rotatable bonds is 6. The lowest BCUT2D eigenvalue weighted by molar-refractivity contribution is -0.137. The number of aryl methyl sites for hydroxylation is 2. The van der Waals surface area contributed by atoms with Crippen LogP contribution < -0.4 is 9.47 Å². The first kappa shape index (κ1) is 20.0. The van der Waals surface area contributed by atoms with Gasteiger partial charge in [-0.1, -0.05) is 5.16 Å². The van der Waals surface area contributed by atoms with E-state index in [2.05, 4.69) is 10.3 Å². The Bertz CT molecular complexity index is 1010. The number of carbonyl (C=O) groups excluding carboxylic acids is 1. The van der Waals surface area contributed by atoms with Gasteiger partial charge in [0.2, 0.25) is 0 Å². The number of methoxy groups -OCH3 is 1. The fourth-order valence-corrected chi connectivity index (χ4v) is 3.85. The van der Waals surface area contributed by atoms with Gasteiger partial charge in [-0.15, -0.1) is 0 Å². The van der Waals surface area contributed by atoms with E-state index in [-0.39, 0.29) is 18.6 Å². The smallest absolute Gasteiger partial charge is 0.261 e. The minimum Gasteiger partial charge on any atom is -0.497 e. The molecular formula is C22H26N4O4. The molecule has 8 heteroatoms. The van der Waals surface area contributed by atoms with Gasteiger partial charge in [0.25, 0.3) is 5.91 Å². The lowest BCUT2D eigenvalue weighted by Gasteiger charge is -2.35. The van der Waals surface area contributed by atoms with E-state index in [1.165, 1.54) is 0 Å². The number of aromatic nitrogens is 3. The summed E-state index contributed by atoms with van der Waals surface area (Å²) in [6.45, 7) is 2.54. The zero-order valence-electron chi connectivity index (χ0n) is 17.5. The lowest BCUT2D eigenvalue weighted by Crippen LogP contribution is -2.41. The van der Waals surface area contributed by atoms with Crippen LogP contribution in [0.2, 0.25) is 0 Å². The summed E-state index contributed by atoms with van der Waals surface area (Å²) in [5.74, 6) is 1.99. The number of benzene rings is 1. The summed E-state index contributed by atoms with van der Waals surface area (Å²) in [6.07, 6.45) is 4.78. The number of nitrogens with zero attached hydrogens (tertiary/aromatic N) is 4. The van der Waals surface area contributed by atoms with E-state index in [0.29, 0.717) is 18.1 Å². The quantitative estimate of drug-likeness (QED) is 0.618. The van der Waals surface area contributed by atoms with E-state index in [0.717, 1.165) is 42.0 Å². The summed E-state index contributed by atoms with van der Waals surface area (Å²) in [5, 5.41) is 8.67. The van der Waals surface area contributed by atoms with Crippen molar-refractivity contribution >= 4 is 5.91 Å². The molecule has 3 aromatic rings. The highest BCUT2D eigenvalue weighted by Gasteiger charge is 2.32. The Morgan fingerprint density at radius 3 is 2.70 bits per heavy atom. The average molecular weight is 410 g/mol. The maximum atomic E-state index is 13.0. The van der Waals surface area contributed by atoms with Gasteiger partial charge in [-0.3, -0.25) is 9.48 Å². The van der Waals surface area contributed by atoms with Crippen molar-refractivity contribution < 1.29 is 18.8 Å². The fourth-order valence-electron chi connectivity index (χ4n) is 3.85. The SMILES string of the molecule is COc1ccc(OCC(=O)N2CCCC[C@H]2c2nn(C)cc2-c2cc(C)no2)cc1. The Hall–Kier alpha value is -3.29. The van der Waals surface area contributed by atoms with Gasteiger partial charge in [0, 0.05) is 25.9 Å². The van der Waals surface area contributed by atoms with Crippen LogP contribution in [-0.4, -0.2) is 46.0 Å². The van der Waals surface area contributed by atoms with Crippen LogP contribution in [0.1, 0.15) is 36.7 Å². The maximum Gasteiger partial charge on any atom is 0.261 e. The second kappa shape index (κ2) is 8.61. The van der Waals surface area contributed by atoms with E-state index >= 15 is 0 Å². The minimum absolute atomic E-state index is 0.0214. The average Bonchev–Trinajstić information content (AvgIpc) is 3.37. The molecule has 1 aliphatic rings. The van der Waals surface area contributed by atoms with Crippen LogP contribution in [0.5, 0.6) is 11.5 Å². The van der Waals surface area contributed by atoms with Crippen LogP contribution in [0.15, 0.2) is 41.1 Å². The van der Waals surface area contributed by atoms with Gasteiger partial charge in [0.1, 0.15) is 11.5 Å². The number of piperidine rings is 1. The van der Waals surface area contributed by atoms with E-state index in [1.807, 2.05) is 43.3 Å². The second-order valence-electron chi connectivity index (χ2n) is 7.50. The molecule has 1 atom stereocenters. The third kappa shape index (κ3) is 4.17. The molecule has 1 fully saturated rings. The second-order valence-corrected chi connectivity index (χ2v) is 7.50. The number of amides is 1. The molecule has 8 nitrogen and oxygen atoms in total. The van der Waals surface area contributed by atoms with Gasteiger partial charge >= 0.3 is 0 Å². The van der Waals surface area contributed by atoms with Crippen molar-refractivity contribution in [2.75, 3.05) is 20.3 Å². The Morgan fingerprint density at radius 2 is 2.00 bits per heavy atom. The van der Waals surface area contributed by atoms with Gasteiger partial charge in [0.15, 0.2) is 12.4 Å². The third-order valence-electron chi connectivity index (χ3n) is 5.31. The van der Waals surface area contributed by atoms with Gasteiger partial charge in [-0.25, -0.2) is 0 Å². The Kier molecular flexibility index (Phi) is 5.74. The summed E-state index contributed by atoms with van der Waals surface area (Å²) in [5.41, 5.74) is 2.52. The number of carbonyl (C=O) groups is 1. The molecule has 0 spiro atoms. The van der Waals surface area contributed by atoms with Crippen LogP contribution in [0, 0.1) is 6.92 Å². The first-order valence-electron chi connectivity index (χ1n) is 10.1. The molecule has 30 heavy (non-hydrogen) atoms. The molecule has 0 radical (unpaired) electrons. The largest absolute Gasteiger partial charge is 0.497 e. The van der Waals surface area contributed by atoms with Crippen molar-refractivity contribution in [2.45, 2.75) is 32.2 Å². The molecule has 0 saturated carbocycles. The Morgan fingerprint density at radius 1 is 1.23 bits per heavy atom. The molecule has 3 heterocycles. The number of likely N-dealkylation sites (tertiary alicyclic amines) is 1. The number of hydrogen-bond donors (Lipinski definition) is 0. The molecule has 0 bridgehead atoms. The summed E-state index contributed by atoms with van der Waals surface area (Å²) >= 11 is 0. The molecule has 0 N–H and O–H groups in total. The highest BCUT2D eigenvalue weighted by Crippen LogP contribution is 2.36. The predicted octanol–water partition coefficient (Wildman–Crippen LogP) is 3.52. The van der Waals surface area contributed by atoms with Crippen LogP contribution in [0.25, 0.3) is 11.3 Å². The maximum absolute atomic E-state index is 13.0. The minimum atomic E-state index is -0.118. The molecule has 1 amide bonds. The normalized spacial score (nSPS) is 16.5. The molecule has 1 saturated heterocycles. The molecular weight excluding hydrogens is 384 g/mol. The van der Waals surface area contributed by atoms with Crippen molar-refractivity contribution in [3.63, 3.8) is 0 Å². The zero-order chi connectivity index (χ0) is 21.1. The van der Waals surface area contributed by atoms with E-state index in [1.54, 1.807) is 23.9 Å². The van der Waals surface area contributed by atoms with Crippen molar-refractivity contribution in [2.24, 2.45) is 7.05 Å². The monoisotopic (exact) mass is 410 g/mol. The first-order valence-corrected chi connectivity index (χ1v) is 10.1. The molecule has 1 aromatic carbocycles. The summed E-state index contributed by atoms with van der Waals surface area (Å²) < 4.78 is 18.1. The van der Waals surface area contributed by atoms with Crippen LogP contribution in [-0.2, 0) is 11.8 Å². The summed E-state index contributed by atoms with van der Waals surface area (Å²) in [6, 6.07) is 8.98. The van der Waals surface area contributed by atoms with Gasteiger partial charge < -0.3 is 18.9 Å². The highest BCUT2D eigenvalue weighted by molar-refractivity contribution is 5.79. The Labute approximate surface area is 175 Å². The van der Waals surface area contributed by atoms with Crippen molar-refractivity contribution in [1.29, 1.82) is 0 Å². The zero-order valence-corrected chi connectivity index (χ0v) is 17.5. The van der Waals surface area contributed by atoms with E-state index in [9.17, 15) is 4.79 Å². The highest BCUT2D eigenvalue weighted by atomic mass is 16.5. The molecule has 158 valence electrons. The standard InChI is InChI=1S/C22H26N4O4/c1-15-12-20(30-24-15)18-13-25(2)23-22(18)19-6-4-5-11-26(19)21(27)14-29-17-9-7-16(28-3)8-10-17/h7-10,12-13,19H,4-6,11,14H2,1-3H3/t19-/m0/s1. The lowest BCUT2D eigenvalue weighted by atomic mass is 9.96. The molecule has 0 unspecified atom stereocenters. The number of ether oxygens (including phenoxy) is 2. The predicted molar refractivity (Wildman–Crippen MR) is 110 cm³/mol. The van der Waals surface area contributed by atoms with Crippen molar-refractivity contribution in [3.8, 4) is 22.8 Å². The summed E-state index contributed by atoms with van der Waals surface area (Å²) in [4.78, 5) is 14.9. The van der Waals surface area contributed by atoms with E-state index in [4.69, 9.17) is 14.0 Å². The van der Waals surface area contributed by atoms with Crippen LogP contribution in [0.3, 0.4) is 0 Å². The van der Waals surface area contributed by atoms with Crippen LogP contribution in [0.4, 0.5) is 0 Å². The third-order valence-corrected chi connectivity index (χ3v) is 5.31. The summed E-state index contributed by atoms with van der Waals surface area (Å²) in [7, 11) is 3.49. The van der Waals surface area contributed by atoms with Crippen molar-refractivity contribution in [1.82, 2.24) is 19.8 Å². The van der Waals surface area contributed by atoms with E-state index < -0.39 is 0 Å². The first-order chi connectivity index (χ1) is 14.5. The number of hydrogen-bond acceptors (Lipinski definition) is 6. The van der Waals surface area contributed by atoms with Crippen LogP contribution >= 0.6 is 0 Å². The fraction of sp³-hybridized carbons (Fsp3) is 0.409. The van der Waals surface area contributed by atoms with Gasteiger partial charge in [-0.2, -0.15) is 5.10 Å². The molecule has 2 aromatic heterocycles. The molecule has 0 aliphatic carbocycles. The Balaban J connectivity index is 1.52. The van der Waals surface area contributed by atoms with Crippen molar-refractivity contribution in [3.05, 3.63) is 47.9 Å². The molecule has 4 rings (SSSR count). The molecule has 1 aliphatic heterocycles. The topological polar surface area (TPSA) is 82.6 Å².